The van der Waals surface area contributed by atoms with Crippen molar-refractivity contribution in [3.05, 3.63) is 29.3 Å². The van der Waals surface area contributed by atoms with Gasteiger partial charge in [-0.1, -0.05) is 15.9 Å². The molecule has 5 nitrogen and oxygen atoms in total. The summed E-state index contributed by atoms with van der Waals surface area (Å²) in [6, 6.07) is 3.17. The van der Waals surface area contributed by atoms with E-state index in [0.29, 0.717) is 5.33 Å². The summed E-state index contributed by atoms with van der Waals surface area (Å²) >= 11 is 3.06. The van der Waals surface area contributed by atoms with E-state index in [1.165, 1.54) is 0 Å². The fraction of sp³-hybridized carbons (Fsp3) is 0.333. The summed E-state index contributed by atoms with van der Waals surface area (Å²) in [5, 5.41) is 18.5. The third kappa shape index (κ3) is 4.53. The normalized spacial score (nSPS) is 12.2. The highest BCUT2D eigenvalue weighted by molar-refractivity contribution is 9.09. The molecule has 0 saturated heterocycles. The van der Waals surface area contributed by atoms with Crippen molar-refractivity contribution >= 4 is 27.7 Å². The lowest BCUT2D eigenvalue weighted by atomic mass is 10.0. The molecule has 1 aromatic carbocycles. The summed E-state index contributed by atoms with van der Waals surface area (Å²) in [6.07, 6.45) is -1.83. The van der Waals surface area contributed by atoms with Crippen molar-refractivity contribution in [2.45, 2.75) is 19.1 Å². The molecule has 0 bridgehead atoms. The largest absolute Gasteiger partial charge is 0.479 e. The van der Waals surface area contributed by atoms with Gasteiger partial charge in [-0.2, -0.15) is 8.78 Å². The van der Waals surface area contributed by atoms with Crippen molar-refractivity contribution < 1.29 is 33.3 Å². The highest BCUT2D eigenvalue weighted by Crippen LogP contribution is 2.25. The van der Waals surface area contributed by atoms with Crippen LogP contribution in [0.3, 0.4) is 0 Å². The van der Waals surface area contributed by atoms with Crippen LogP contribution in [-0.4, -0.2) is 33.9 Å². The topological polar surface area (TPSA) is 83.8 Å². The Kier molecular flexibility index (Phi) is 6.03. The number of rotatable bonds is 7. The van der Waals surface area contributed by atoms with Crippen LogP contribution in [0, 0.1) is 0 Å². The molecule has 0 aliphatic heterocycles. The van der Waals surface area contributed by atoms with Gasteiger partial charge in [-0.3, -0.25) is 4.79 Å². The summed E-state index contributed by atoms with van der Waals surface area (Å²) in [5.41, 5.74) is -0.202. The van der Waals surface area contributed by atoms with Gasteiger partial charge in [0.25, 0.3) is 0 Å². The van der Waals surface area contributed by atoms with E-state index < -0.39 is 18.7 Å². The number of carbonyl (C=O) groups is 2. The molecule has 110 valence electrons. The molecule has 1 rings (SSSR count). The van der Waals surface area contributed by atoms with E-state index >= 15 is 0 Å². The van der Waals surface area contributed by atoms with Crippen LogP contribution in [0.25, 0.3) is 0 Å². The SMILES string of the molecule is O=C(CCBr)c1cc(OC(F)F)cc(C(O)C(=O)O)c1. The molecule has 0 heterocycles. The molecule has 1 aromatic rings. The predicted octanol–water partition coefficient (Wildman–Crippen LogP) is 2.37. The second kappa shape index (κ2) is 7.30. The molecular weight excluding hydrogens is 342 g/mol. The number of aliphatic hydroxyl groups excluding tert-OH is 1. The van der Waals surface area contributed by atoms with Crippen molar-refractivity contribution in [2.24, 2.45) is 0 Å². The van der Waals surface area contributed by atoms with E-state index in [1.807, 2.05) is 0 Å². The minimum absolute atomic E-state index is 0.00194. The Morgan fingerprint density at radius 3 is 2.45 bits per heavy atom. The third-order valence-corrected chi connectivity index (χ3v) is 2.74. The quantitative estimate of drug-likeness (QED) is 0.581. The molecule has 8 heteroatoms. The molecule has 0 amide bonds. The zero-order valence-corrected chi connectivity index (χ0v) is 11.6. The van der Waals surface area contributed by atoms with Crippen molar-refractivity contribution in [1.29, 1.82) is 0 Å². The van der Waals surface area contributed by atoms with E-state index in [2.05, 4.69) is 20.7 Å². The lowest BCUT2D eigenvalue weighted by Crippen LogP contribution is -2.13. The first-order chi connectivity index (χ1) is 9.35. The van der Waals surface area contributed by atoms with E-state index in [1.54, 1.807) is 0 Å². The zero-order chi connectivity index (χ0) is 15.3. The number of hydrogen-bond acceptors (Lipinski definition) is 4. The smallest absolute Gasteiger partial charge is 0.387 e. The Morgan fingerprint density at radius 1 is 1.30 bits per heavy atom. The standard InChI is InChI=1S/C12H11BrF2O5/c13-2-1-9(16)6-3-7(10(17)11(18)19)5-8(4-6)20-12(14)15/h3-5,10,12,17H,1-2H2,(H,18,19). The number of aliphatic hydroxyl groups is 1. The number of Topliss-reactive ketones (excluding diaryl/α,β-unsaturated/α-hetero) is 1. The van der Waals surface area contributed by atoms with Crippen molar-refractivity contribution in [3.8, 4) is 5.75 Å². The molecule has 1 atom stereocenters. The van der Waals surface area contributed by atoms with Crippen LogP contribution in [0.5, 0.6) is 5.75 Å². The van der Waals surface area contributed by atoms with Crippen LogP contribution in [-0.2, 0) is 4.79 Å². The molecule has 0 radical (unpaired) electrons. The first kappa shape index (κ1) is 16.5. The Bertz CT molecular complexity index is 507. The average molecular weight is 353 g/mol. The lowest BCUT2D eigenvalue weighted by molar-refractivity contribution is -0.146. The molecule has 20 heavy (non-hydrogen) atoms. The Balaban J connectivity index is 3.20. The second-order valence-corrected chi connectivity index (χ2v) is 4.57. The number of carboxylic acids is 1. The van der Waals surface area contributed by atoms with Gasteiger partial charge in [-0.25, -0.2) is 4.79 Å². The minimum atomic E-state index is -3.12. The molecule has 0 spiro atoms. The van der Waals surface area contributed by atoms with Gasteiger partial charge >= 0.3 is 12.6 Å². The molecule has 0 aromatic heterocycles. The Labute approximate surface area is 121 Å². The summed E-state index contributed by atoms with van der Waals surface area (Å²) in [4.78, 5) is 22.4. The summed E-state index contributed by atoms with van der Waals surface area (Å²) in [7, 11) is 0. The van der Waals surface area contributed by atoms with Gasteiger partial charge in [0, 0.05) is 17.3 Å². The second-order valence-electron chi connectivity index (χ2n) is 3.77. The van der Waals surface area contributed by atoms with Gasteiger partial charge in [0.1, 0.15) is 5.75 Å². The van der Waals surface area contributed by atoms with Crippen LogP contribution >= 0.6 is 15.9 Å². The number of ether oxygens (including phenoxy) is 1. The van der Waals surface area contributed by atoms with Crippen molar-refractivity contribution in [3.63, 3.8) is 0 Å². The fourth-order valence-corrected chi connectivity index (χ4v) is 1.84. The van der Waals surface area contributed by atoms with Crippen LogP contribution in [0.1, 0.15) is 28.4 Å². The fourth-order valence-electron chi connectivity index (χ4n) is 1.48. The Morgan fingerprint density at radius 2 is 1.95 bits per heavy atom. The molecule has 0 saturated carbocycles. The van der Waals surface area contributed by atoms with Gasteiger partial charge < -0.3 is 14.9 Å². The van der Waals surface area contributed by atoms with Gasteiger partial charge in [-0.05, 0) is 23.8 Å². The summed E-state index contributed by atoms with van der Waals surface area (Å²) in [5.74, 6) is -2.32. The number of aliphatic carboxylic acids is 1. The molecular formula is C12H11BrF2O5. The first-order valence-corrected chi connectivity index (χ1v) is 6.57. The van der Waals surface area contributed by atoms with E-state index in [4.69, 9.17) is 5.11 Å². The van der Waals surface area contributed by atoms with Crippen molar-refractivity contribution in [1.82, 2.24) is 0 Å². The Hall–Kier alpha value is -1.54. The lowest BCUT2D eigenvalue weighted by Gasteiger charge is -2.12. The maximum atomic E-state index is 12.2. The van der Waals surface area contributed by atoms with Crippen LogP contribution in [0.4, 0.5) is 8.78 Å². The molecule has 0 aliphatic rings. The first-order valence-electron chi connectivity index (χ1n) is 5.45. The molecule has 0 fully saturated rings. The average Bonchev–Trinajstić information content (AvgIpc) is 2.36. The zero-order valence-electron chi connectivity index (χ0n) is 10.1. The number of hydrogen-bond donors (Lipinski definition) is 2. The number of carbonyl (C=O) groups excluding carboxylic acids is 1. The number of halogens is 3. The number of carboxylic acid groups (broad SMARTS) is 1. The molecule has 0 aliphatic carbocycles. The molecule has 2 N–H and O–H groups in total. The third-order valence-electron chi connectivity index (χ3n) is 2.35. The van der Waals surface area contributed by atoms with E-state index in [9.17, 15) is 23.5 Å². The van der Waals surface area contributed by atoms with Gasteiger partial charge in [-0.15, -0.1) is 0 Å². The summed E-state index contributed by atoms with van der Waals surface area (Å²) < 4.78 is 28.6. The van der Waals surface area contributed by atoms with Gasteiger partial charge in [0.15, 0.2) is 11.9 Å². The summed E-state index contributed by atoms with van der Waals surface area (Å²) in [6.45, 7) is -3.12. The maximum absolute atomic E-state index is 12.2. The van der Waals surface area contributed by atoms with Crippen LogP contribution in [0.15, 0.2) is 18.2 Å². The van der Waals surface area contributed by atoms with Gasteiger partial charge in [0.05, 0.1) is 0 Å². The number of ketones is 1. The highest BCUT2D eigenvalue weighted by atomic mass is 79.9. The predicted molar refractivity (Wildman–Crippen MR) is 68.4 cm³/mol. The van der Waals surface area contributed by atoms with E-state index in [-0.39, 0.29) is 29.1 Å². The van der Waals surface area contributed by atoms with Gasteiger partial charge in [0.2, 0.25) is 0 Å². The van der Waals surface area contributed by atoms with E-state index in [0.717, 1.165) is 18.2 Å². The number of benzene rings is 1. The monoisotopic (exact) mass is 352 g/mol. The highest BCUT2D eigenvalue weighted by Gasteiger charge is 2.20. The minimum Gasteiger partial charge on any atom is -0.479 e. The number of alkyl halides is 3. The molecule has 1 unspecified atom stereocenters. The van der Waals surface area contributed by atoms with Crippen molar-refractivity contribution in [2.75, 3.05) is 5.33 Å². The van der Waals surface area contributed by atoms with Crippen LogP contribution < -0.4 is 4.74 Å². The van der Waals surface area contributed by atoms with Crippen LogP contribution in [0.2, 0.25) is 0 Å². The maximum Gasteiger partial charge on any atom is 0.387 e.